The first-order chi connectivity index (χ1) is 9.24. The molecule has 19 heavy (non-hydrogen) atoms. The van der Waals surface area contributed by atoms with Crippen LogP contribution >= 0.6 is 0 Å². The third-order valence-corrected chi connectivity index (χ3v) is 3.23. The van der Waals surface area contributed by atoms with Crippen LogP contribution < -0.4 is 0 Å². The van der Waals surface area contributed by atoms with Crippen LogP contribution in [0.25, 0.3) is 0 Å². The van der Waals surface area contributed by atoms with Crippen LogP contribution in [-0.4, -0.2) is 31.8 Å². The first-order valence-electron chi connectivity index (χ1n) is 6.45. The van der Waals surface area contributed by atoms with Crippen molar-refractivity contribution in [2.45, 2.75) is 32.4 Å². The predicted molar refractivity (Wildman–Crippen MR) is 70.5 cm³/mol. The lowest BCUT2D eigenvalue weighted by molar-refractivity contribution is 0.0718. The number of aromatic amines is 1. The number of nitrogens with zero attached hydrogens (tertiary/aromatic N) is 3. The standard InChI is InChI=1S/C14H16N4O/c1-10-7-16-13(17-10)14(19)18(12-4-5-12)9-11-3-2-6-15-8-11/h2-3,6-8,12H,4-5,9H2,1H3,(H,16,17). The first kappa shape index (κ1) is 11.9. The lowest BCUT2D eigenvalue weighted by atomic mass is 10.2. The van der Waals surface area contributed by atoms with E-state index in [1.165, 1.54) is 0 Å². The zero-order valence-corrected chi connectivity index (χ0v) is 10.8. The average molecular weight is 256 g/mol. The number of rotatable bonds is 4. The topological polar surface area (TPSA) is 61.9 Å². The number of hydrogen-bond acceptors (Lipinski definition) is 3. The van der Waals surface area contributed by atoms with Gasteiger partial charge in [0.2, 0.25) is 0 Å². The molecule has 98 valence electrons. The van der Waals surface area contributed by atoms with E-state index >= 15 is 0 Å². The van der Waals surface area contributed by atoms with E-state index in [2.05, 4.69) is 15.0 Å². The molecule has 0 aliphatic heterocycles. The Bertz CT molecular complexity index is 574. The van der Waals surface area contributed by atoms with E-state index < -0.39 is 0 Å². The maximum absolute atomic E-state index is 12.5. The molecular formula is C14H16N4O. The van der Waals surface area contributed by atoms with E-state index in [0.717, 1.165) is 24.1 Å². The zero-order valence-electron chi connectivity index (χ0n) is 10.8. The molecular weight excluding hydrogens is 240 g/mol. The van der Waals surface area contributed by atoms with Gasteiger partial charge in [-0.2, -0.15) is 0 Å². The van der Waals surface area contributed by atoms with Gasteiger partial charge in [0.05, 0.1) is 0 Å². The molecule has 0 bridgehead atoms. The van der Waals surface area contributed by atoms with Crippen LogP contribution in [0, 0.1) is 6.92 Å². The molecule has 0 radical (unpaired) electrons. The molecule has 5 nitrogen and oxygen atoms in total. The van der Waals surface area contributed by atoms with Gasteiger partial charge in [-0.25, -0.2) is 4.98 Å². The summed E-state index contributed by atoms with van der Waals surface area (Å²) in [5.74, 6) is 0.396. The molecule has 0 unspecified atom stereocenters. The fourth-order valence-corrected chi connectivity index (χ4v) is 2.10. The van der Waals surface area contributed by atoms with Crippen LogP contribution in [0.1, 0.15) is 34.7 Å². The number of H-pyrrole nitrogens is 1. The monoisotopic (exact) mass is 256 g/mol. The summed E-state index contributed by atoms with van der Waals surface area (Å²) in [6.07, 6.45) is 7.37. The smallest absolute Gasteiger partial charge is 0.290 e. The number of imidazole rings is 1. The summed E-state index contributed by atoms with van der Waals surface area (Å²) >= 11 is 0. The number of pyridine rings is 1. The van der Waals surface area contributed by atoms with E-state index in [1.807, 2.05) is 24.0 Å². The molecule has 0 saturated heterocycles. The van der Waals surface area contributed by atoms with Gasteiger partial charge >= 0.3 is 0 Å². The average Bonchev–Trinajstić information content (AvgIpc) is 3.18. The Morgan fingerprint density at radius 1 is 1.47 bits per heavy atom. The Morgan fingerprint density at radius 3 is 2.89 bits per heavy atom. The Balaban J connectivity index is 1.79. The SMILES string of the molecule is Cc1cnc(C(=O)N(Cc2cccnc2)C2CC2)[nH]1. The molecule has 2 aromatic rings. The molecule has 1 saturated carbocycles. The van der Waals surface area contributed by atoms with E-state index in [9.17, 15) is 4.79 Å². The molecule has 1 aliphatic rings. The number of carbonyl (C=O) groups is 1. The minimum Gasteiger partial charge on any atom is -0.338 e. The second-order valence-corrected chi connectivity index (χ2v) is 4.94. The van der Waals surface area contributed by atoms with Gasteiger partial charge in [-0.1, -0.05) is 6.07 Å². The van der Waals surface area contributed by atoms with Crippen molar-refractivity contribution in [1.82, 2.24) is 19.9 Å². The largest absolute Gasteiger partial charge is 0.338 e. The maximum atomic E-state index is 12.5. The van der Waals surface area contributed by atoms with Crippen LogP contribution in [0.15, 0.2) is 30.7 Å². The number of amides is 1. The highest BCUT2D eigenvalue weighted by molar-refractivity contribution is 5.91. The summed E-state index contributed by atoms with van der Waals surface area (Å²) in [4.78, 5) is 25.6. The van der Waals surface area contributed by atoms with Crippen molar-refractivity contribution >= 4 is 5.91 Å². The highest BCUT2D eigenvalue weighted by Gasteiger charge is 2.34. The van der Waals surface area contributed by atoms with E-state index in [0.29, 0.717) is 18.4 Å². The minimum absolute atomic E-state index is 0.0283. The van der Waals surface area contributed by atoms with Crippen LogP contribution in [0.4, 0.5) is 0 Å². The molecule has 2 heterocycles. The summed E-state index contributed by atoms with van der Waals surface area (Å²) in [6.45, 7) is 2.49. The second-order valence-electron chi connectivity index (χ2n) is 4.94. The maximum Gasteiger partial charge on any atom is 0.290 e. The number of aryl methyl sites for hydroxylation is 1. The number of carbonyl (C=O) groups excluding carboxylic acids is 1. The molecule has 0 spiro atoms. The Kier molecular flexibility index (Phi) is 3.03. The highest BCUT2D eigenvalue weighted by atomic mass is 16.2. The summed E-state index contributed by atoms with van der Waals surface area (Å²) in [6, 6.07) is 4.23. The van der Waals surface area contributed by atoms with Crippen molar-refractivity contribution in [3.63, 3.8) is 0 Å². The van der Waals surface area contributed by atoms with Gasteiger partial charge in [-0.05, 0) is 31.4 Å². The third-order valence-electron chi connectivity index (χ3n) is 3.23. The van der Waals surface area contributed by atoms with Crippen LogP contribution in [0.5, 0.6) is 0 Å². The molecule has 1 N–H and O–H groups in total. The van der Waals surface area contributed by atoms with Gasteiger partial charge in [-0.15, -0.1) is 0 Å². The van der Waals surface area contributed by atoms with Crippen LogP contribution in [-0.2, 0) is 6.54 Å². The van der Waals surface area contributed by atoms with Gasteiger partial charge < -0.3 is 9.88 Å². The van der Waals surface area contributed by atoms with Gasteiger partial charge in [0, 0.05) is 36.9 Å². The van der Waals surface area contributed by atoms with E-state index in [-0.39, 0.29) is 5.91 Å². The highest BCUT2D eigenvalue weighted by Crippen LogP contribution is 2.29. The predicted octanol–water partition coefficient (Wildman–Crippen LogP) is 1.92. The Hall–Kier alpha value is -2.17. The van der Waals surface area contributed by atoms with Crippen molar-refractivity contribution in [1.29, 1.82) is 0 Å². The Labute approximate surface area is 111 Å². The van der Waals surface area contributed by atoms with Crippen LogP contribution in [0.2, 0.25) is 0 Å². The molecule has 1 fully saturated rings. The minimum atomic E-state index is -0.0283. The molecule has 5 heteroatoms. The Morgan fingerprint density at radius 2 is 2.32 bits per heavy atom. The van der Waals surface area contributed by atoms with Crippen molar-refractivity contribution in [3.8, 4) is 0 Å². The first-order valence-corrected chi connectivity index (χ1v) is 6.45. The molecule has 0 aromatic carbocycles. The molecule has 3 rings (SSSR count). The molecule has 1 aliphatic carbocycles. The summed E-state index contributed by atoms with van der Waals surface area (Å²) < 4.78 is 0. The third kappa shape index (κ3) is 2.65. The van der Waals surface area contributed by atoms with Gasteiger partial charge in [0.1, 0.15) is 0 Å². The molecule has 2 aromatic heterocycles. The van der Waals surface area contributed by atoms with Crippen molar-refractivity contribution in [3.05, 3.63) is 47.8 Å². The van der Waals surface area contributed by atoms with Gasteiger partial charge in [0.25, 0.3) is 5.91 Å². The van der Waals surface area contributed by atoms with Crippen molar-refractivity contribution < 1.29 is 4.79 Å². The van der Waals surface area contributed by atoms with E-state index in [4.69, 9.17) is 0 Å². The fourth-order valence-electron chi connectivity index (χ4n) is 2.10. The number of aromatic nitrogens is 3. The van der Waals surface area contributed by atoms with Crippen molar-refractivity contribution in [2.75, 3.05) is 0 Å². The second kappa shape index (κ2) is 4.84. The number of hydrogen-bond donors (Lipinski definition) is 1. The molecule has 1 amide bonds. The van der Waals surface area contributed by atoms with Gasteiger partial charge in [0.15, 0.2) is 5.82 Å². The van der Waals surface area contributed by atoms with Crippen LogP contribution in [0.3, 0.4) is 0 Å². The van der Waals surface area contributed by atoms with Crippen molar-refractivity contribution in [2.24, 2.45) is 0 Å². The number of nitrogens with one attached hydrogen (secondary N) is 1. The summed E-state index contributed by atoms with van der Waals surface area (Å²) in [5.41, 5.74) is 1.95. The summed E-state index contributed by atoms with van der Waals surface area (Å²) in [7, 11) is 0. The lowest BCUT2D eigenvalue weighted by Crippen LogP contribution is -2.33. The quantitative estimate of drug-likeness (QED) is 0.909. The lowest BCUT2D eigenvalue weighted by Gasteiger charge is -2.21. The summed E-state index contributed by atoms with van der Waals surface area (Å²) in [5, 5.41) is 0. The fraction of sp³-hybridized carbons (Fsp3) is 0.357. The molecule has 0 atom stereocenters. The zero-order chi connectivity index (χ0) is 13.2. The normalized spacial score (nSPS) is 14.4. The van der Waals surface area contributed by atoms with E-state index in [1.54, 1.807) is 18.6 Å². The van der Waals surface area contributed by atoms with Gasteiger partial charge in [-0.3, -0.25) is 9.78 Å².